The van der Waals surface area contributed by atoms with Gasteiger partial charge in [0.2, 0.25) is 11.8 Å². The monoisotopic (exact) mass is 330 g/mol. The van der Waals surface area contributed by atoms with Crippen LogP contribution in [-0.2, 0) is 9.59 Å². The summed E-state index contributed by atoms with van der Waals surface area (Å²) in [5.74, 6) is 0.109. The molecule has 0 unspecified atom stereocenters. The lowest BCUT2D eigenvalue weighted by molar-refractivity contribution is -0.132. The first-order valence-electron chi connectivity index (χ1n) is 6.80. The second-order valence-corrected chi connectivity index (χ2v) is 6.11. The number of amides is 2. The SMILES string of the molecule is CC(=O)N(CCC(C)C)CC(=O)Nc1ccc(Cl)c(Cl)c1. The Labute approximate surface area is 135 Å². The Kier molecular flexibility index (Phi) is 6.99. The molecule has 0 aliphatic heterocycles. The number of hydrogen-bond acceptors (Lipinski definition) is 2. The number of nitrogens with one attached hydrogen (secondary N) is 1. The van der Waals surface area contributed by atoms with Crippen LogP contribution in [0, 0.1) is 5.92 Å². The summed E-state index contributed by atoms with van der Waals surface area (Å²) in [6.07, 6.45) is 0.861. The summed E-state index contributed by atoms with van der Waals surface area (Å²) in [7, 11) is 0. The fourth-order valence-corrected chi connectivity index (χ4v) is 2.01. The second kappa shape index (κ2) is 8.25. The van der Waals surface area contributed by atoms with E-state index in [0.717, 1.165) is 6.42 Å². The molecule has 21 heavy (non-hydrogen) atoms. The van der Waals surface area contributed by atoms with Crippen LogP contribution in [0.4, 0.5) is 5.69 Å². The molecule has 6 heteroatoms. The van der Waals surface area contributed by atoms with Crippen molar-refractivity contribution >= 4 is 40.7 Å². The molecule has 2 amide bonds. The highest BCUT2D eigenvalue weighted by atomic mass is 35.5. The summed E-state index contributed by atoms with van der Waals surface area (Å²) in [5, 5.41) is 3.51. The van der Waals surface area contributed by atoms with Crippen LogP contribution in [-0.4, -0.2) is 29.8 Å². The summed E-state index contributed by atoms with van der Waals surface area (Å²) in [5.41, 5.74) is 0.557. The molecule has 0 aliphatic carbocycles. The molecule has 0 bridgehead atoms. The third-order valence-corrected chi connectivity index (χ3v) is 3.70. The highest BCUT2D eigenvalue weighted by molar-refractivity contribution is 6.42. The predicted molar refractivity (Wildman–Crippen MR) is 86.8 cm³/mol. The van der Waals surface area contributed by atoms with E-state index in [0.29, 0.717) is 28.2 Å². The van der Waals surface area contributed by atoms with Crippen molar-refractivity contribution in [2.24, 2.45) is 5.92 Å². The Balaban J connectivity index is 2.60. The molecule has 0 atom stereocenters. The zero-order valence-electron chi connectivity index (χ0n) is 12.5. The largest absolute Gasteiger partial charge is 0.334 e. The Bertz CT molecular complexity index is 518. The smallest absolute Gasteiger partial charge is 0.243 e. The van der Waals surface area contributed by atoms with Gasteiger partial charge in [0, 0.05) is 19.2 Å². The maximum Gasteiger partial charge on any atom is 0.243 e. The van der Waals surface area contributed by atoms with E-state index < -0.39 is 0 Å². The molecule has 0 fully saturated rings. The van der Waals surface area contributed by atoms with E-state index in [2.05, 4.69) is 19.2 Å². The van der Waals surface area contributed by atoms with E-state index >= 15 is 0 Å². The lowest BCUT2D eigenvalue weighted by Gasteiger charge is -2.21. The van der Waals surface area contributed by atoms with E-state index in [1.54, 1.807) is 18.2 Å². The van der Waals surface area contributed by atoms with Gasteiger partial charge in [-0.05, 0) is 30.5 Å². The van der Waals surface area contributed by atoms with Crippen LogP contribution in [0.25, 0.3) is 0 Å². The molecule has 0 spiro atoms. The second-order valence-electron chi connectivity index (χ2n) is 5.30. The molecule has 1 aromatic carbocycles. The van der Waals surface area contributed by atoms with Crippen molar-refractivity contribution in [1.82, 2.24) is 4.90 Å². The molecule has 116 valence electrons. The molecule has 0 saturated heterocycles. The number of halogens is 2. The van der Waals surface area contributed by atoms with Crippen LogP contribution in [0.5, 0.6) is 0 Å². The van der Waals surface area contributed by atoms with Crippen molar-refractivity contribution in [2.45, 2.75) is 27.2 Å². The lowest BCUT2D eigenvalue weighted by atomic mass is 10.1. The normalized spacial score (nSPS) is 10.6. The van der Waals surface area contributed by atoms with Gasteiger partial charge in [0.25, 0.3) is 0 Å². The van der Waals surface area contributed by atoms with Gasteiger partial charge in [-0.25, -0.2) is 0 Å². The maximum atomic E-state index is 12.0. The molecule has 4 nitrogen and oxygen atoms in total. The summed E-state index contributed by atoms with van der Waals surface area (Å²) >= 11 is 11.7. The van der Waals surface area contributed by atoms with Crippen LogP contribution in [0.15, 0.2) is 18.2 Å². The molecule has 1 rings (SSSR count). The van der Waals surface area contributed by atoms with Crippen molar-refractivity contribution in [3.05, 3.63) is 28.2 Å². The summed E-state index contributed by atoms with van der Waals surface area (Å²) < 4.78 is 0. The molecule has 1 N–H and O–H groups in total. The van der Waals surface area contributed by atoms with E-state index in [-0.39, 0.29) is 18.4 Å². The van der Waals surface area contributed by atoms with Gasteiger partial charge in [0.1, 0.15) is 0 Å². The van der Waals surface area contributed by atoms with Gasteiger partial charge in [-0.3, -0.25) is 9.59 Å². The lowest BCUT2D eigenvalue weighted by Crippen LogP contribution is -2.37. The van der Waals surface area contributed by atoms with Gasteiger partial charge >= 0.3 is 0 Å². The van der Waals surface area contributed by atoms with Gasteiger partial charge in [-0.15, -0.1) is 0 Å². The highest BCUT2D eigenvalue weighted by Gasteiger charge is 2.14. The van der Waals surface area contributed by atoms with Crippen molar-refractivity contribution in [3.8, 4) is 0 Å². The van der Waals surface area contributed by atoms with Gasteiger partial charge in [-0.2, -0.15) is 0 Å². The Hall–Kier alpha value is -1.26. The van der Waals surface area contributed by atoms with Crippen LogP contribution < -0.4 is 5.32 Å². The average Bonchev–Trinajstić information content (AvgIpc) is 2.38. The topological polar surface area (TPSA) is 49.4 Å². The maximum absolute atomic E-state index is 12.0. The van der Waals surface area contributed by atoms with Crippen molar-refractivity contribution in [3.63, 3.8) is 0 Å². The van der Waals surface area contributed by atoms with E-state index in [4.69, 9.17) is 23.2 Å². The fraction of sp³-hybridized carbons (Fsp3) is 0.467. The zero-order valence-corrected chi connectivity index (χ0v) is 14.0. The zero-order chi connectivity index (χ0) is 16.0. The number of benzene rings is 1. The summed E-state index contributed by atoms with van der Waals surface area (Å²) in [6.45, 7) is 6.22. The fourth-order valence-electron chi connectivity index (χ4n) is 1.71. The van der Waals surface area contributed by atoms with Gasteiger partial charge < -0.3 is 10.2 Å². The van der Waals surface area contributed by atoms with E-state index in [9.17, 15) is 9.59 Å². The van der Waals surface area contributed by atoms with Gasteiger partial charge in [0.15, 0.2) is 0 Å². The predicted octanol–water partition coefficient (Wildman–Crippen LogP) is 3.83. The summed E-state index contributed by atoms with van der Waals surface area (Å²) in [6, 6.07) is 4.85. The molecule has 0 radical (unpaired) electrons. The van der Waals surface area contributed by atoms with Crippen LogP contribution in [0.1, 0.15) is 27.2 Å². The number of hydrogen-bond donors (Lipinski definition) is 1. The van der Waals surface area contributed by atoms with Crippen LogP contribution >= 0.6 is 23.2 Å². The average molecular weight is 331 g/mol. The number of carbonyl (C=O) groups excluding carboxylic acids is 2. The van der Waals surface area contributed by atoms with Crippen molar-refractivity contribution < 1.29 is 9.59 Å². The minimum Gasteiger partial charge on any atom is -0.334 e. The Morgan fingerprint density at radius 2 is 1.90 bits per heavy atom. The summed E-state index contributed by atoms with van der Waals surface area (Å²) in [4.78, 5) is 25.1. The van der Waals surface area contributed by atoms with Crippen molar-refractivity contribution in [2.75, 3.05) is 18.4 Å². The molecule has 0 aromatic heterocycles. The Morgan fingerprint density at radius 3 is 2.43 bits per heavy atom. The van der Waals surface area contributed by atoms with Gasteiger partial charge in [-0.1, -0.05) is 37.0 Å². The van der Waals surface area contributed by atoms with E-state index in [1.165, 1.54) is 11.8 Å². The number of nitrogens with zero attached hydrogens (tertiary/aromatic N) is 1. The third-order valence-electron chi connectivity index (χ3n) is 2.96. The molecule has 0 heterocycles. The van der Waals surface area contributed by atoms with Crippen LogP contribution in [0.2, 0.25) is 10.0 Å². The first kappa shape index (κ1) is 17.8. The van der Waals surface area contributed by atoms with E-state index in [1.807, 2.05) is 0 Å². The Morgan fingerprint density at radius 1 is 1.24 bits per heavy atom. The minimum absolute atomic E-state index is 0.0301. The first-order chi connectivity index (χ1) is 9.79. The number of rotatable bonds is 6. The quantitative estimate of drug-likeness (QED) is 0.861. The number of anilines is 1. The molecular weight excluding hydrogens is 311 g/mol. The molecule has 1 aromatic rings. The minimum atomic E-state index is -0.257. The highest BCUT2D eigenvalue weighted by Crippen LogP contribution is 2.24. The van der Waals surface area contributed by atoms with Crippen LogP contribution in [0.3, 0.4) is 0 Å². The standard InChI is InChI=1S/C15H20Cl2N2O2/c1-10(2)6-7-19(11(3)20)9-15(21)18-12-4-5-13(16)14(17)8-12/h4-5,8,10H,6-7,9H2,1-3H3,(H,18,21). The molecule has 0 aliphatic rings. The molecule has 0 saturated carbocycles. The number of carbonyl (C=O) groups is 2. The van der Waals surface area contributed by atoms with Crippen molar-refractivity contribution in [1.29, 1.82) is 0 Å². The first-order valence-corrected chi connectivity index (χ1v) is 7.55. The third kappa shape index (κ3) is 6.36. The van der Waals surface area contributed by atoms with Gasteiger partial charge in [0.05, 0.1) is 16.6 Å². The molecular formula is C15H20Cl2N2O2.